The molecule has 0 amide bonds. The third-order valence-electron chi connectivity index (χ3n) is 2.13. The van der Waals surface area contributed by atoms with Gasteiger partial charge in [-0.1, -0.05) is 0 Å². The Hall–Kier alpha value is 0.540. The van der Waals surface area contributed by atoms with E-state index in [1.165, 1.54) is 0 Å². The van der Waals surface area contributed by atoms with Crippen LogP contribution in [0.1, 0.15) is 26.7 Å². The quantitative estimate of drug-likeness (QED) is 0.311. The topological polar surface area (TPSA) is 36.9 Å². The van der Waals surface area contributed by atoms with Crippen LogP contribution in [-0.4, -0.2) is 50.5 Å². The Labute approximate surface area is 122 Å². The van der Waals surface area contributed by atoms with Gasteiger partial charge >= 0.3 is 0 Å². The van der Waals surface area contributed by atoms with Gasteiger partial charge in [0.1, 0.15) is 0 Å². The molecule has 0 fully saturated rings. The van der Waals surface area contributed by atoms with E-state index in [1.807, 2.05) is 13.8 Å². The predicted octanol–water partition coefficient (Wildman–Crippen LogP) is 2.38. The Bertz CT molecular complexity index is 154. The van der Waals surface area contributed by atoms with E-state index in [2.05, 4.69) is 25.3 Å². The minimum Gasteiger partial charge on any atom is -0.353 e. The molecule has 0 aliphatic rings. The van der Waals surface area contributed by atoms with E-state index in [9.17, 15) is 0 Å². The lowest BCUT2D eigenvalue weighted by atomic mass is 10.3. The lowest BCUT2D eigenvalue weighted by Crippen LogP contribution is -2.17. The van der Waals surface area contributed by atoms with E-state index >= 15 is 0 Å². The zero-order valence-electron chi connectivity index (χ0n) is 11.3. The SMILES string of the molecule is CC(OCCS)OCCCCOC(C)OCCS. The molecule has 2 atom stereocenters. The Balaban J connectivity index is 3.19. The highest BCUT2D eigenvalue weighted by Gasteiger charge is 2.02. The van der Waals surface area contributed by atoms with Crippen molar-refractivity contribution in [3.05, 3.63) is 0 Å². The highest BCUT2D eigenvalue weighted by Crippen LogP contribution is 2.00. The van der Waals surface area contributed by atoms with Crippen molar-refractivity contribution >= 4 is 25.3 Å². The first-order chi connectivity index (χ1) is 8.70. The van der Waals surface area contributed by atoms with Crippen LogP contribution in [0, 0.1) is 0 Å². The largest absolute Gasteiger partial charge is 0.353 e. The van der Waals surface area contributed by atoms with Crippen molar-refractivity contribution in [1.29, 1.82) is 0 Å². The van der Waals surface area contributed by atoms with Crippen LogP contribution in [0.25, 0.3) is 0 Å². The maximum Gasteiger partial charge on any atom is 0.154 e. The smallest absolute Gasteiger partial charge is 0.154 e. The summed E-state index contributed by atoms with van der Waals surface area (Å²) < 4.78 is 21.6. The van der Waals surface area contributed by atoms with E-state index in [0.717, 1.165) is 12.8 Å². The molecule has 0 aromatic heterocycles. The fourth-order valence-corrected chi connectivity index (χ4v) is 1.45. The van der Waals surface area contributed by atoms with Crippen LogP contribution in [-0.2, 0) is 18.9 Å². The summed E-state index contributed by atoms with van der Waals surface area (Å²) in [7, 11) is 0. The van der Waals surface area contributed by atoms with Crippen LogP contribution >= 0.6 is 25.3 Å². The van der Waals surface area contributed by atoms with Gasteiger partial charge in [-0.25, -0.2) is 0 Å². The molecular weight excluding hydrogens is 272 g/mol. The zero-order valence-corrected chi connectivity index (χ0v) is 13.1. The van der Waals surface area contributed by atoms with Gasteiger partial charge in [-0.05, 0) is 26.7 Å². The summed E-state index contributed by atoms with van der Waals surface area (Å²) in [5.74, 6) is 1.43. The van der Waals surface area contributed by atoms with Gasteiger partial charge in [0.2, 0.25) is 0 Å². The summed E-state index contributed by atoms with van der Waals surface area (Å²) in [6.45, 7) is 6.40. The summed E-state index contributed by atoms with van der Waals surface area (Å²) in [4.78, 5) is 0. The molecule has 0 heterocycles. The molecule has 0 spiro atoms. The summed E-state index contributed by atoms with van der Waals surface area (Å²) in [5, 5.41) is 0. The summed E-state index contributed by atoms with van der Waals surface area (Å²) in [5.41, 5.74) is 0. The average Bonchev–Trinajstić information content (AvgIpc) is 2.37. The standard InChI is InChI=1S/C12H26O4S2/c1-11(15-7-9-17)13-5-3-4-6-14-12(2)16-8-10-18/h11-12,17-18H,3-10H2,1-2H3. The Morgan fingerprint density at radius 1 is 0.667 bits per heavy atom. The maximum atomic E-state index is 5.46. The van der Waals surface area contributed by atoms with Crippen molar-refractivity contribution in [2.75, 3.05) is 37.9 Å². The zero-order chi connectivity index (χ0) is 13.6. The summed E-state index contributed by atoms with van der Waals surface area (Å²) >= 11 is 8.12. The third kappa shape index (κ3) is 13.0. The van der Waals surface area contributed by atoms with Gasteiger partial charge in [0.25, 0.3) is 0 Å². The summed E-state index contributed by atoms with van der Waals surface area (Å²) in [6.07, 6.45) is 1.59. The van der Waals surface area contributed by atoms with Crippen LogP contribution in [0.5, 0.6) is 0 Å². The van der Waals surface area contributed by atoms with Crippen molar-refractivity contribution < 1.29 is 18.9 Å². The number of hydrogen-bond acceptors (Lipinski definition) is 6. The maximum absolute atomic E-state index is 5.46. The first-order valence-corrected chi connectivity index (χ1v) is 7.65. The van der Waals surface area contributed by atoms with Gasteiger partial charge in [0.05, 0.1) is 13.2 Å². The van der Waals surface area contributed by atoms with Crippen molar-refractivity contribution in [3.63, 3.8) is 0 Å². The normalized spacial score (nSPS) is 14.7. The molecule has 0 aliphatic carbocycles. The van der Waals surface area contributed by atoms with Crippen molar-refractivity contribution in [2.24, 2.45) is 0 Å². The van der Waals surface area contributed by atoms with Crippen molar-refractivity contribution in [1.82, 2.24) is 0 Å². The number of ether oxygens (including phenoxy) is 4. The molecule has 0 N–H and O–H groups in total. The molecule has 0 saturated heterocycles. The molecule has 0 aromatic rings. The number of rotatable bonds is 13. The summed E-state index contributed by atoms with van der Waals surface area (Å²) in [6, 6.07) is 0. The number of unbranched alkanes of at least 4 members (excludes halogenated alkanes) is 1. The molecule has 110 valence electrons. The number of thiol groups is 2. The van der Waals surface area contributed by atoms with Gasteiger partial charge in [0.15, 0.2) is 12.6 Å². The minimum atomic E-state index is -0.157. The first-order valence-electron chi connectivity index (χ1n) is 6.38. The molecule has 0 bridgehead atoms. The van der Waals surface area contributed by atoms with Gasteiger partial charge in [-0.15, -0.1) is 0 Å². The van der Waals surface area contributed by atoms with E-state index < -0.39 is 0 Å². The van der Waals surface area contributed by atoms with Crippen LogP contribution in [0.4, 0.5) is 0 Å². The van der Waals surface area contributed by atoms with Gasteiger partial charge < -0.3 is 18.9 Å². The second-order valence-corrected chi connectivity index (χ2v) is 4.67. The second-order valence-electron chi connectivity index (χ2n) is 3.77. The molecule has 4 nitrogen and oxygen atoms in total. The molecule has 0 saturated carbocycles. The lowest BCUT2D eigenvalue weighted by Gasteiger charge is -2.14. The van der Waals surface area contributed by atoms with Gasteiger partial charge in [-0.3, -0.25) is 0 Å². The highest BCUT2D eigenvalue weighted by molar-refractivity contribution is 7.80. The second kappa shape index (κ2) is 14.0. The van der Waals surface area contributed by atoms with Gasteiger partial charge in [0, 0.05) is 24.7 Å². The third-order valence-corrected chi connectivity index (χ3v) is 2.50. The van der Waals surface area contributed by atoms with Crippen LogP contribution in [0.3, 0.4) is 0 Å². The van der Waals surface area contributed by atoms with Crippen LogP contribution in [0.2, 0.25) is 0 Å². The molecule has 0 aliphatic heterocycles. The van der Waals surface area contributed by atoms with Crippen molar-refractivity contribution in [2.45, 2.75) is 39.3 Å². The predicted molar refractivity (Wildman–Crippen MR) is 79.7 cm³/mol. The Kier molecular flexibility index (Phi) is 14.4. The molecule has 0 aromatic carbocycles. The lowest BCUT2D eigenvalue weighted by molar-refractivity contribution is -0.136. The monoisotopic (exact) mass is 298 g/mol. The highest BCUT2D eigenvalue weighted by atomic mass is 32.1. The molecule has 2 unspecified atom stereocenters. The van der Waals surface area contributed by atoms with E-state index in [0.29, 0.717) is 37.9 Å². The fraction of sp³-hybridized carbons (Fsp3) is 1.00. The fourth-order valence-electron chi connectivity index (χ4n) is 1.24. The van der Waals surface area contributed by atoms with Crippen LogP contribution < -0.4 is 0 Å². The minimum absolute atomic E-state index is 0.157. The number of hydrogen-bond donors (Lipinski definition) is 2. The van der Waals surface area contributed by atoms with E-state index in [1.54, 1.807) is 0 Å². The first kappa shape index (κ1) is 18.5. The van der Waals surface area contributed by atoms with Gasteiger partial charge in [-0.2, -0.15) is 25.3 Å². The van der Waals surface area contributed by atoms with E-state index in [-0.39, 0.29) is 12.6 Å². The molecule has 6 heteroatoms. The molecule has 0 radical (unpaired) electrons. The Morgan fingerprint density at radius 2 is 1.00 bits per heavy atom. The molecule has 18 heavy (non-hydrogen) atoms. The molecule has 0 rings (SSSR count). The van der Waals surface area contributed by atoms with Crippen molar-refractivity contribution in [3.8, 4) is 0 Å². The molecular formula is C12H26O4S2. The van der Waals surface area contributed by atoms with E-state index in [4.69, 9.17) is 18.9 Å². The average molecular weight is 298 g/mol. The van der Waals surface area contributed by atoms with Crippen LogP contribution in [0.15, 0.2) is 0 Å². The Morgan fingerprint density at radius 3 is 1.33 bits per heavy atom.